The Morgan fingerprint density at radius 2 is 1.95 bits per heavy atom. The Morgan fingerprint density at radius 1 is 1.25 bits per heavy atom. The third-order valence-electron chi connectivity index (χ3n) is 2.93. The maximum atomic E-state index is 9.15. The van der Waals surface area contributed by atoms with E-state index in [9.17, 15) is 0 Å². The fraction of sp³-hybridized carbons (Fsp3) is 0.556. The largest absolute Gasteiger partial charge is 0.496 e. The highest BCUT2D eigenvalue weighted by molar-refractivity contribution is 5.58. The van der Waals surface area contributed by atoms with Crippen molar-refractivity contribution in [1.82, 2.24) is 0 Å². The number of ether oxygens (including phenoxy) is 1. The summed E-state index contributed by atoms with van der Waals surface area (Å²) in [6.07, 6.45) is 8.26. The number of aliphatic hydroxyl groups excluding tert-OH is 1. The van der Waals surface area contributed by atoms with Crippen molar-refractivity contribution in [2.75, 3.05) is 7.11 Å². The molecule has 1 aromatic rings. The summed E-state index contributed by atoms with van der Waals surface area (Å²) >= 11 is 0. The molecule has 1 rings (SSSR count). The van der Waals surface area contributed by atoms with Gasteiger partial charge in [-0.25, -0.2) is 0 Å². The van der Waals surface area contributed by atoms with Gasteiger partial charge >= 0.3 is 0 Å². The van der Waals surface area contributed by atoms with Crippen molar-refractivity contribution in [1.29, 1.82) is 0 Å². The molecule has 0 amide bonds. The van der Waals surface area contributed by atoms with Gasteiger partial charge in [0.05, 0.1) is 13.2 Å². The molecule has 2 nitrogen and oxygen atoms in total. The molecule has 2 heteroatoms. The van der Waals surface area contributed by atoms with E-state index in [0.717, 1.165) is 37.0 Å². The van der Waals surface area contributed by atoms with Crippen molar-refractivity contribution in [2.45, 2.75) is 59.5 Å². The standard InChI is InChI=1S/C16H24O2.C2H6/c1-13-10-11-16(18-3)15(12-13)9-7-5-4-6-8-14(2)17;1-2/h7,9-12,14,17H,4-6,8H2,1-3H3;1-2H3/b9-7+;. The first-order valence-corrected chi connectivity index (χ1v) is 7.62. The van der Waals surface area contributed by atoms with Crippen LogP contribution in [0.15, 0.2) is 24.3 Å². The van der Waals surface area contributed by atoms with Gasteiger partial charge in [0.2, 0.25) is 0 Å². The topological polar surface area (TPSA) is 29.5 Å². The van der Waals surface area contributed by atoms with E-state index in [4.69, 9.17) is 9.84 Å². The van der Waals surface area contributed by atoms with Gasteiger partial charge in [0.15, 0.2) is 0 Å². The van der Waals surface area contributed by atoms with E-state index < -0.39 is 0 Å². The molecule has 1 aromatic carbocycles. The van der Waals surface area contributed by atoms with Crippen LogP contribution in [0.5, 0.6) is 5.75 Å². The number of hydrogen-bond donors (Lipinski definition) is 1. The molecule has 0 saturated heterocycles. The molecule has 20 heavy (non-hydrogen) atoms. The van der Waals surface area contributed by atoms with Gasteiger partial charge in [-0.2, -0.15) is 0 Å². The van der Waals surface area contributed by atoms with Crippen molar-refractivity contribution >= 4 is 6.08 Å². The first-order chi connectivity index (χ1) is 9.63. The number of allylic oxidation sites excluding steroid dienone is 1. The predicted octanol–water partition coefficient (Wildman–Crippen LogP) is 4.98. The summed E-state index contributed by atoms with van der Waals surface area (Å²) in [6, 6.07) is 6.19. The van der Waals surface area contributed by atoms with Gasteiger partial charge in [-0.05, 0) is 45.2 Å². The molecule has 114 valence electrons. The van der Waals surface area contributed by atoms with Crippen LogP contribution in [0.4, 0.5) is 0 Å². The molecule has 0 heterocycles. The smallest absolute Gasteiger partial charge is 0.126 e. The van der Waals surface area contributed by atoms with Crippen LogP contribution >= 0.6 is 0 Å². The predicted molar refractivity (Wildman–Crippen MR) is 88.3 cm³/mol. The summed E-state index contributed by atoms with van der Waals surface area (Å²) < 4.78 is 5.33. The van der Waals surface area contributed by atoms with Gasteiger partial charge in [0, 0.05) is 5.56 Å². The minimum absolute atomic E-state index is 0.175. The van der Waals surface area contributed by atoms with Crippen LogP contribution in [-0.4, -0.2) is 18.3 Å². The van der Waals surface area contributed by atoms with Crippen molar-refractivity contribution in [3.05, 3.63) is 35.4 Å². The Kier molecular flexibility index (Phi) is 10.8. The number of hydrogen-bond acceptors (Lipinski definition) is 2. The Balaban J connectivity index is 0.00000172. The Bertz CT molecular complexity index is 381. The van der Waals surface area contributed by atoms with Crippen LogP contribution in [0.3, 0.4) is 0 Å². The summed E-state index contributed by atoms with van der Waals surface area (Å²) in [5.41, 5.74) is 2.37. The first-order valence-electron chi connectivity index (χ1n) is 7.62. The molecule has 1 atom stereocenters. The zero-order valence-electron chi connectivity index (χ0n) is 13.6. The summed E-state index contributed by atoms with van der Waals surface area (Å²) in [5, 5.41) is 9.15. The monoisotopic (exact) mass is 278 g/mol. The third-order valence-corrected chi connectivity index (χ3v) is 2.93. The van der Waals surface area contributed by atoms with Crippen molar-refractivity contribution in [2.24, 2.45) is 0 Å². The molecule has 0 aliphatic heterocycles. The molecule has 1 unspecified atom stereocenters. The molecule has 0 aromatic heterocycles. The van der Waals surface area contributed by atoms with Gasteiger partial charge in [0.1, 0.15) is 5.75 Å². The summed E-state index contributed by atoms with van der Waals surface area (Å²) in [5.74, 6) is 0.917. The number of methoxy groups -OCH3 is 1. The average molecular weight is 278 g/mol. The second-order valence-corrected chi connectivity index (χ2v) is 4.78. The molecule has 0 saturated carbocycles. The second-order valence-electron chi connectivity index (χ2n) is 4.78. The van der Waals surface area contributed by atoms with E-state index >= 15 is 0 Å². The molecule has 0 bridgehead atoms. The van der Waals surface area contributed by atoms with E-state index in [1.165, 1.54) is 5.56 Å². The normalized spacial score (nSPS) is 11.9. The van der Waals surface area contributed by atoms with Crippen LogP contribution in [-0.2, 0) is 0 Å². The lowest BCUT2D eigenvalue weighted by molar-refractivity contribution is 0.181. The third kappa shape index (κ3) is 8.00. The van der Waals surface area contributed by atoms with Gasteiger partial charge in [-0.1, -0.05) is 44.1 Å². The van der Waals surface area contributed by atoms with Crippen LogP contribution in [0.25, 0.3) is 6.08 Å². The van der Waals surface area contributed by atoms with E-state index in [1.54, 1.807) is 7.11 Å². The maximum Gasteiger partial charge on any atom is 0.126 e. The fourth-order valence-electron chi connectivity index (χ4n) is 1.90. The summed E-state index contributed by atoms with van der Waals surface area (Å²) in [4.78, 5) is 0. The molecule has 0 spiro atoms. The van der Waals surface area contributed by atoms with Crippen molar-refractivity contribution in [3.8, 4) is 5.75 Å². The van der Waals surface area contributed by atoms with E-state index in [1.807, 2.05) is 26.8 Å². The van der Waals surface area contributed by atoms with Gasteiger partial charge in [-0.15, -0.1) is 0 Å². The van der Waals surface area contributed by atoms with Crippen molar-refractivity contribution < 1.29 is 9.84 Å². The van der Waals surface area contributed by atoms with Crippen LogP contribution in [0.1, 0.15) is 57.6 Å². The lowest BCUT2D eigenvalue weighted by Gasteiger charge is -2.05. The maximum absolute atomic E-state index is 9.15. The van der Waals surface area contributed by atoms with Crippen LogP contribution in [0.2, 0.25) is 0 Å². The minimum atomic E-state index is -0.175. The number of rotatable bonds is 7. The number of benzene rings is 1. The number of aliphatic hydroxyl groups is 1. The van der Waals surface area contributed by atoms with Gasteiger partial charge in [-0.3, -0.25) is 0 Å². The number of unbranched alkanes of at least 4 members (excludes halogenated alkanes) is 2. The Labute approximate surface area is 124 Å². The fourth-order valence-corrected chi connectivity index (χ4v) is 1.90. The number of aryl methyl sites for hydroxylation is 1. The highest BCUT2D eigenvalue weighted by Crippen LogP contribution is 2.21. The molecule has 1 N–H and O–H groups in total. The van der Waals surface area contributed by atoms with Crippen LogP contribution < -0.4 is 4.74 Å². The minimum Gasteiger partial charge on any atom is -0.496 e. The summed E-state index contributed by atoms with van der Waals surface area (Å²) in [6.45, 7) is 7.92. The van der Waals surface area contributed by atoms with E-state index in [0.29, 0.717) is 0 Å². The Hall–Kier alpha value is -1.28. The van der Waals surface area contributed by atoms with Crippen molar-refractivity contribution in [3.63, 3.8) is 0 Å². The Morgan fingerprint density at radius 3 is 2.55 bits per heavy atom. The molecular weight excluding hydrogens is 248 g/mol. The van der Waals surface area contributed by atoms with Gasteiger partial charge in [0.25, 0.3) is 0 Å². The van der Waals surface area contributed by atoms with E-state index in [2.05, 4.69) is 31.2 Å². The zero-order chi connectivity index (χ0) is 15.4. The lowest BCUT2D eigenvalue weighted by Crippen LogP contribution is -1.97. The molecular formula is C18H30O2. The van der Waals surface area contributed by atoms with Gasteiger partial charge < -0.3 is 9.84 Å². The highest BCUT2D eigenvalue weighted by atomic mass is 16.5. The summed E-state index contributed by atoms with van der Waals surface area (Å²) in [7, 11) is 1.70. The lowest BCUT2D eigenvalue weighted by atomic mass is 10.1. The first kappa shape index (κ1) is 18.7. The average Bonchev–Trinajstić information content (AvgIpc) is 2.45. The SMILES string of the molecule is CC.COc1ccc(C)cc1/C=C/CCCCC(C)O. The van der Waals surface area contributed by atoms with E-state index in [-0.39, 0.29) is 6.10 Å². The molecule has 0 fully saturated rings. The molecule has 0 aliphatic carbocycles. The van der Waals surface area contributed by atoms with Crippen LogP contribution in [0, 0.1) is 6.92 Å². The highest BCUT2D eigenvalue weighted by Gasteiger charge is 1.99. The molecule has 0 radical (unpaired) electrons. The molecule has 0 aliphatic rings. The second kappa shape index (κ2) is 11.5. The zero-order valence-corrected chi connectivity index (χ0v) is 13.6. The quantitative estimate of drug-likeness (QED) is 0.712.